The van der Waals surface area contributed by atoms with Crippen molar-refractivity contribution in [2.75, 3.05) is 12.4 Å². The average molecular weight is 448 g/mol. The summed E-state index contributed by atoms with van der Waals surface area (Å²) in [6.07, 6.45) is 0. The Kier molecular flexibility index (Phi) is 5.97. The Morgan fingerprint density at radius 3 is 2.50 bits per heavy atom. The first-order chi connectivity index (χ1) is 12.5. The summed E-state index contributed by atoms with van der Waals surface area (Å²) in [6.45, 7) is 0. The second-order valence-corrected chi connectivity index (χ2v) is 7.36. The topological polar surface area (TPSA) is 63.2 Å². The molecule has 1 amide bonds. The zero-order valence-corrected chi connectivity index (χ0v) is 16.9. The fourth-order valence-corrected chi connectivity index (χ4v) is 3.37. The third kappa shape index (κ3) is 4.66. The Morgan fingerprint density at radius 1 is 1.15 bits per heavy atom. The number of halogens is 1. The van der Waals surface area contributed by atoms with Gasteiger partial charge in [-0.3, -0.25) is 10.1 Å². The van der Waals surface area contributed by atoms with Crippen molar-refractivity contribution in [3.8, 4) is 17.0 Å². The van der Waals surface area contributed by atoms with Gasteiger partial charge in [0.15, 0.2) is 10.2 Å². The summed E-state index contributed by atoms with van der Waals surface area (Å²) in [5.74, 6) is 0.515. The van der Waals surface area contributed by atoms with Gasteiger partial charge in [-0.1, -0.05) is 15.9 Å². The number of hydrogen-bond acceptors (Lipinski definition) is 5. The van der Waals surface area contributed by atoms with E-state index in [0.717, 1.165) is 21.5 Å². The zero-order chi connectivity index (χ0) is 18.5. The zero-order valence-electron chi connectivity index (χ0n) is 13.7. The molecule has 0 saturated carbocycles. The van der Waals surface area contributed by atoms with E-state index in [1.807, 2.05) is 29.6 Å². The van der Waals surface area contributed by atoms with Crippen LogP contribution in [0, 0.1) is 0 Å². The normalized spacial score (nSPS) is 10.2. The molecule has 0 unspecified atom stereocenters. The van der Waals surface area contributed by atoms with Gasteiger partial charge in [-0.15, -0.1) is 11.3 Å². The van der Waals surface area contributed by atoms with Crippen molar-refractivity contribution >= 4 is 55.6 Å². The van der Waals surface area contributed by atoms with Crippen molar-refractivity contribution in [3.63, 3.8) is 0 Å². The van der Waals surface area contributed by atoms with Crippen molar-refractivity contribution in [2.45, 2.75) is 0 Å². The van der Waals surface area contributed by atoms with Crippen LogP contribution in [0.1, 0.15) is 10.4 Å². The molecule has 1 heterocycles. The number of benzene rings is 2. The predicted octanol–water partition coefficient (Wildman–Crippen LogP) is 4.71. The number of methoxy groups -OCH3 is 1. The number of amides is 1. The first-order valence-electron chi connectivity index (χ1n) is 7.53. The Labute approximate surface area is 168 Å². The van der Waals surface area contributed by atoms with E-state index in [1.165, 1.54) is 11.3 Å². The number of hydrogen-bond donors (Lipinski definition) is 2. The van der Waals surface area contributed by atoms with Crippen LogP contribution in [0.15, 0.2) is 58.4 Å². The highest BCUT2D eigenvalue weighted by Crippen LogP contribution is 2.26. The van der Waals surface area contributed by atoms with Gasteiger partial charge in [0, 0.05) is 21.0 Å². The van der Waals surface area contributed by atoms with Crippen LogP contribution in [0.2, 0.25) is 0 Å². The predicted molar refractivity (Wildman–Crippen MR) is 112 cm³/mol. The minimum absolute atomic E-state index is 0.202. The van der Waals surface area contributed by atoms with Gasteiger partial charge in [-0.2, -0.15) is 0 Å². The molecule has 2 N–H and O–H groups in total. The van der Waals surface area contributed by atoms with Crippen LogP contribution in [0.4, 0.5) is 5.13 Å². The third-order valence-corrected chi connectivity index (χ3v) is 4.93. The van der Waals surface area contributed by atoms with Gasteiger partial charge in [-0.25, -0.2) is 4.98 Å². The molecule has 1 aromatic heterocycles. The molecule has 2 aromatic carbocycles. The van der Waals surface area contributed by atoms with Crippen LogP contribution in [0.3, 0.4) is 0 Å². The van der Waals surface area contributed by atoms with E-state index in [9.17, 15) is 4.79 Å². The Balaban J connectivity index is 1.62. The molecular formula is C18H14BrN3O2S2. The Bertz CT molecular complexity index is 924. The van der Waals surface area contributed by atoms with Crippen LogP contribution in [0.5, 0.6) is 5.75 Å². The number of nitrogens with one attached hydrogen (secondary N) is 2. The fraction of sp³-hybridized carbons (Fsp3) is 0.0556. The van der Waals surface area contributed by atoms with E-state index in [0.29, 0.717) is 10.7 Å². The molecule has 3 rings (SSSR count). The molecule has 0 saturated heterocycles. The maximum absolute atomic E-state index is 12.2. The summed E-state index contributed by atoms with van der Waals surface area (Å²) < 4.78 is 6.06. The maximum atomic E-state index is 12.2. The molecule has 0 spiro atoms. The maximum Gasteiger partial charge on any atom is 0.257 e. The second-order valence-electron chi connectivity index (χ2n) is 5.18. The number of anilines is 1. The molecular weight excluding hydrogens is 434 g/mol. The monoisotopic (exact) mass is 447 g/mol. The first kappa shape index (κ1) is 18.5. The molecule has 0 aliphatic rings. The van der Waals surface area contributed by atoms with Gasteiger partial charge in [0.1, 0.15) is 5.75 Å². The number of nitrogens with zero attached hydrogens (tertiary/aromatic N) is 1. The number of thiocarbonyl (C=S) groups is 1. The SMILES string of the molecule is COc1ccc(-c2csc(NC(=S)NC(=O)c3ccc(Br)cc3)n2)cc1. The molecule has 0 aliphatic carbocycles. The van der Waals surface area contributed by atoms with E-state index in [4.69, 9.17) is 17.0 Å². The highest BCUT2D eigenvalue weighted by Gasteiger charge is 2.10. The summed E-state index contributed by atoms with van der Waals surface area (Å²) in [5.41, 5.74) is 2.32. The standard InChI is InChI=1S/C18H14BrN3O2S2/c1-24-14-8-4-11(5-9-14)15-10-26-18(20-15)22-17(25)21-16(23)12-2-6-13(19)7-3-12/h2-10H,1H3,(H2,20,21,22,23,25). The van der Waals surface area contributed by atoms with Crippen molar-refractivity contribution < 1.29 is 9.53 Å². The van der Waals surface area contributed by atoms with E-state index < -0.39 is 0 Å². The molecule has 0 atom stereocenters. The smallest absolute Gasteiger partial charge is 0.257 e. The van der Waals surface area contributed by atoms with Gasteiger partial charge in [0.25, 0.3) is 5.91 Å². The molecule has 0 aliphatic heterocycles. The van der Waals surface area contributed by atoms with Gasteiger partial charge >= 0.3 is 0 Å². The molecule has 0 fully saturated rings. The number of aromatic nitrogens is 1. The molecule has 5 nitrogen and oxygen atoms in total. The van der Waals surface area contributed by atoms with E-state index in [1.54, 1.807) is 31.4 Å². The van der Waals surface area contributed by atoms with Crippen molar-refractivity contribution in [1.82, 2.24) is 10.3 Å². The van der Waals surface area contributed by atoms with Crippen LogP contribution in [-0.4, -0.2) is 23.1 Å². The number of carbonyl (C=O) groups is 1. The molecule has 8 heteroatoms. The van der Waals surface area contributed by atoms with Gasteiger partial charge < -0.3 is 10.1 Å². The molecule has 0 bridgehead atoms. The third-order valence-electron chi connectivity index (χ3n) is 3.44. The van der Waals surface area contributed by atoms with Crippen molar-refractivity contribution in [3.05, 3.63) is 63.9 Å². The molecule has 0 radical (unpaired) electrons. The van der Waals surface area contributed by atoms with E-state index in [-0.39, 0.29) is 11.0 Å². The van der Waals surface area contributed by atoms with E-state index >= 15 is 0 Å². The van der Waals surface area contributed by atoms with Crippen LogP contribution < -0.4 is 15.4 Å². The lowest BCUT2D eigenvalue weighted by Gasteiger charge is -2.07. The van der Waals surface area contributed by atoms with Crippen molar-refractivity contribution in [2.24, 2.45) is 0 Å². The lowest BCUT2D eigenvalue weighted by molar-refractivity contribution is 0.0977. The summed E-state index contributed by atoms with van der Waals surface area (Å²) in [7, 11) is 1.63. The van der Waals surface area contributed by atoms with Crippen LogP contribution in [0.25, 0.3) is 11.3 Å². The van der Waals surface area contributed by atoms with Crippen molar-refractivity contribution in [1.29, 1.82) is 0 Å². The minimum atomic E-state index is -0.276. The quantitative estimate of drug-likeness (QED) is 0.567. The average Bonchev–Trinajstić information content (AvgIpc) is 3.10. The van der Waals surface area contributed by atoms with Gasteiger partial charge in [0.2, 0.25) is 0 Å². The van der Waals surface area contributed by atoms with Crippen LogP contribution in [-0.2, 0) is 0 Å². The fourth-order valence-electron chi connectivity index (χ4n) is 2.13. The molecule has 26 heavy (non-hydrogen) atoms. The number of carbonyl (C=O) groups excluding carboxylic acids is 1. The Hall–Kier alpha value is -2.29. The highest BCUT2D eigenvalue weighted by molar-refractivity contribution is 9.10. The van der Waals surface area contributed by atoms with E-state index in [2.05, 4.69) is 31.5 Å². The first-order valence-corrected chi connectivity index (χ1v) is 9.61. The molecule has 132 valence electrons. The van der Waals surface area contributed by atoms with Gasteiger partial charge in [-0.05, 0) is 60.7 Å². The largest absolute Gasteiger partial charge is 0.497 e. The highest BCUT2D eigenvalue weighted by atomic mass is 79.9. The number of thiazole rings is 1. The Morgan fingerprint density at radius 2 is 1.85 bits per heavy atom. The summed E-state index contributed by atoms with van der Waals surface area (Å²) in [6, 6.07) is 14.7. The minimum Gasteiger partial charge on any atom is -0.497 e. The summed E-state index contributed by atoms with van der Waals surface area (Å²) in [4.78, 5) is 16.7. The van der Waals surface area contributed by atoms with Crippen LogP contribution >= 0.6 is 39.5 Å². The summed E-state index contributed by atoms with van der Waals surface area (Å²) >= 11 is 9.94. The molecule has 3 aromatic rings. The van der Waals surface area contributed by atoms with Gasteiger partial charge in [0.05, 0.1) is 12.8 Å². The lowest BCUT2D eigenvalue weighted by Crippen LogP contribution is -2.34. The summed E-state index contributed by atoms with van der Waals surface area (Å²) in [5, 5.41) is 8.31. The second kappa shape index (κ2) is 8.39. The number of ether oxygens (including phenoxy) is 1. The number of rotatable bonds is 4. The lowest BCUT2D eigenvalue weighted by atomic mass is 10.2.